The molecule has 1 unspecified atom stereocenters. The van der Waals surface area contributed by atoms with Crippen LogP contribution in [0.15, 0.2) is 52.0 Å². The zero-order valence-electron chi connectivity index (χ0n) is 14.1. The number of benzene rings is 1. The van der Waals surface area contributed by atoms with Crippen LogP contribution in [-0.4, -0.2) is 11.5 Å². The van der Waals surface area contributed by atoms with Crippen LogP contribution in [0.4, 0.5) is 0 Å². The first-order valence-corrected chi connectivity index (χ1v) is 8.98. The highest BCUT2D eigenvalue weighted by Gasteiger charge is 2.17. The van der Waals surface area contributed by atoms with Gasteiger partial charge in [0.25, 0.3) is 0 Å². The number of hydrogen-bond donors (Lipinski definition) is 2. The molecule has 2 rings (SSSR count). The number of allylic oxidation sites excluding steroid dienone is 1. The fraction of sp³-hybridized carbons (Fsp3) is 0.389. The van der Waals surface area contributed by atoms with Crippen molar-refractivity contribution < 1.29 is 0 Å². The van der Waals surface area contributed by atoms with Gasteiger partial charge in [0.05, 0.1) is 0 Å². The van der Waals surface area contributed by atoms with Crippen molar-refractivity contribution in [3.8, 4) is 0 Å². The lowest BCUT2D eigenvalue weighted by Crippen LogP contribution is -2.22. The molecule has 124 valence electrons. The van der Waals surface area contributed by atoms with Crippen LogP contribution in [0.1, 0.15) is 38.8 Å². The van der Waals surface area contributed by atoms with Gasteiger partial charge in [-0.25, -0.2) is 4.99 Å². The monoisotopic (exact) mass is 349 g/mol. The summed E-state index contributed by atoms with van der Waals surface area (Å²) in [6, 6.07) is 8.86. The average molecular weight is 350 g/mol. The van der Waals surface area contributed by atoms with Gasteiger partial charge in [-0.1, -0.05) is 45.0 Å². The molecular weight excluding hydrogens is 326 g/mol. The Morgan fingerprint density at radius 1 is 1.30 bits per heavy atom. The van der Waals surface area contributed by atoms with Gasteiger partial charge >= 0.3 is 0 Å². The third kappa shape index (κ3) is 5.05. The Balaban J connectivity index is 2.04. The van der Waals surface area contributed by atoms with Gasteiger partial charge in [0.2, 0.25) is 0 Å². The molecule has 23 heavy (non-hydrogen) atoms. The zero-order chi connectivity index (χ0) is 17.0. The van der Waals surface area contributed by atoms with Gasteiger partial charge in [-0.3, -0.25) is 0 Å². The number of nitrogens with two attached hydrogens (primary N) is 1. The predicted molar refractivity (Wildman–Crippen MR) is 103 cm³/mol. The van der Waals surface area contributed by atoms with Gasteiger partial charge in [0.15, 0.2) is 5.29 Å². The van der Waals surface area contributed by atoms with Crippen LogP contribution >= 0.6 is 23.4 Å². The molecule has 3 nitrogen and oxygen atoms in total. The summed E-state index contributed by atoms with van der Waals surface area (Å²) in [6.07, 6.45) is 3.73. The van der Waals surface area contributed by atoms with Crippen molar-refractivity contribution in [3.05, 3.63) is 58.1 Å². The van der Waals surface area contributed by atoms with Crippen molar-refractivity contribution >= 4 is 28.7 Å². The van der Waals surface area contributed by atoms with Crippen LogP contribution in [0.25, 0.3) is 0 Å². The molecule has 0 fully saturated rings. The molecule has 1 aromatic carbocycles. The van der Waals surface area contributed by atoms with Gasteiger partial charge in [-0.05, 0) is 52.2 Å². The van der Waals surface area contributed by atoms with Gasteiger partial charge in [0, 0.05) is 11.3 Å². The van der Waals surface area contributed by atoms with E-state index < -0.39 is 0 Å². The number of halogens is 1. The first-order valence-electron chi connectivity index (χ1n) is 7.62. The number of nitrogens with one attached hydrogen (secondary N) is 1. The summed E-state index contributed by atoms with van der Waals surface area (Å²) < 4.78 is 0. The van der Waals surface area contributed by atoms with Crippen molar-refractivity contribution in [1.82, 2.24) is 5.32 Å². The summed E-state index contributed by atoms with van der Waals surface area (Å²) in [4.78, 5) is 5.41. The molecule has 1 aliphatic heterocycles. The molecule has 0 radical (unpaired) electrons. The summed E-state index contributed by atoms with van der Waals surface area (Å²) in [5.41, 5.74) is 9.45. The van der Waals surface area contributed by atoms with E-state index in [0.29, 0.717) is 0 Å². The van der Waals surface area contributed by atoms with E-state index >= 15 is 0 Å². The summed E-state index contributed by atoms with van der Waals surface area (Å²) >= 11 is 7.49. The Hall–Kier alpha value is -1.39. The maximum atomic E-state index is 5.68. The molecule has 1 aliphatic rings. The van der Waals surface area contributed by atoms with Gasteiger partial charge in [-0.15, -0.1) is 11.8 Å². The molecule has 0 saturated carbocycles. The molecule has 0 aliphatic carbocycles. The summed E-state index contributed by atoms with van der Waals surface area (Å²) in [7, 11) is 0. The molecule has 5 heteroatoms. The molecule has 0 aromatic heterocycles. The molecule has 1 heterocycles. The average Bonchev–Trinajstić information content (AvgIpc) is 2.91. The number of aliphatic imine (C=N–C) groups is 1. The molecule has 0 saturated heterocycles. The first-order chi connectivity index (χ1) is 10.8. The molecule has 1 atom stereocenters. The lowest BCUT2D eigenvalue weighted by Gasteiger charge is -2.19. The van der Waals surface area contributed by atoms with E-state index in [1.165, 1.54) is 16.0 Å². The zero-order valence-corrected chi connectivity index (χ0v) is 15.6. The fourth-order valence-electron chi connectivity index (χ4n) is 2.33. The standard InChI is InChI=1S/C18H24ClN3S/c1-12(15-9-10-21-16(15)22-17(19)20)23-11-13-5-7-14(8-6-13)18(2,3)4/h5-10,16,21H,11H2,1-4H3,(H2,20,22)/b15-12+. The Morgan fingerprint density at radius 3 is 2.52 bits per heavy atom. The van der Waals surface area contributed by atoms with E-state index in [4.69, 9.17) is 17.3 Å². The van der Waals surface area contributed by atoms with Crippen molar-refractivity contribution in [1.29, 1.82) is 0 Å². The fourth-order valence-corrected chi connectivity index (χ4v) is 3.35. The van der Waals surface area contributed by atoms with Crippen LogP contribution in [0.3, 0.4) is 0 Å². The highest BCUT2D eigenvalue weighted by molar-refractivity contribution is 8.02. The van der Waals surface area contributed by atoms with Crippen molar-refractivity contribution in [2.75, 3.05) is 0 Å². The number of hydrogen-bond acceptors (Lipinski definition) is 3. The van der Waals surface area contributed by atoms with Crippen molar-refractivity contribution in [3.63, 3.8) is 0 Å². The highest BCUT2D eigenvalue weighted by atomic mass is 35.5. The lowest BCUT2D eigenvalue weighted by molar-refractivity contribution is 0.590. The Morgan fingerprint density at radius 2 is 1.96 bits per heavy atom. The quantitative estimate of drug-likeness (QED) is 0.478. The molecular formula is C18H24ClN3S. The maximum absolute atomic E-state index is 5.68. The van der Waals surface area contributed by atoms with Crippen LogP contribution in [0.2, 0.25) is 0 Å². The van der Waals surface area contributed by atoms with Crippen LogP contribution in [0, 0.1) is 0 Å². The Kier molecular flexibility index (Phi) is 5.82. The largest absolute Gasteiger partial charge is 0.374 e. The van der Waals surface area contributed by atoms with Crippen molar-refractivity contribution in [2.45, 2.75) is 45.0 Å². The maximum Gasteiger partial charge on any atom is 0.190 e. The van der Waals surface area contributed by atoms with E-state index in [1.807, 2.05) is 12.3 Å². The van der Waals surface area contributed by atoms with E-state index in [9.17, 15) is 0 Å². The van der Waals surface area contributed by atoms with E-state index in [0.717, 1.165) is 11.3 Å². The minimum atomic E-state index is -0.178. The SMILES string of the molecule is C/C(SCc1ccc(C(C)(C)C)cc1)=C1/C=CNC1/N=C(\N)Cl. The Bertz CT molecular complexity index is 635. The number of amidine groups is 1. The second kappa shape index (κ2) is 7.45. The molecule has 0 amide bonds. The molecule has 0 spiro atoms. The van der Waals surface area contributed by atoms with Crippen molar-refractivity contribution in [2.24, 2.45) is 10.7 Å². The normalized spacial score (nSPS) is 20.6. The minimum absolute atomic E-state index is 0.0688. The third-order valence-corrected chi connectivity index (χ3v) is 4.99. The summed E-state index contributed by atoms with van der Waals surface area (Å²) in [6.45, 7) is 8.80. The van der Waals surface area contributed by atoms with E-state index in [-0.39, 0.29) is 16.9 Å². The van der Waals surface area contributed by atoms with Crippen LogP contribution in [0.5, 0.6) is 0 Å². The van der Waals surface area contributed by atoms with Gasteiger partial charge in [0.1, 0.15) is 6.17 Å². The summed E-state index contributed by atoms with van der Waals surface area (Å²) in [5, 5.41) is 3.21. The number of nitrogens with zero attached hydrogens (tertiary/aromatic N) is 1. The second-order valence-electron chi connectivity index (χ2n) is 6.60. The molecule has 0 bridgehead atoms. The summed E-state index contributed by atoms with van der Waals surface area (Å²) in [5.74, 6) is 0.931. The minimum Gasteiger partial charge on any atom is -0.374 e. The molecule has 1 aromatic rings. The molecule has 3 N–H and O–H groups in total. The second-order valence-corrected chi connectivity index (χ2v) is 8.18. The van der Waals surface area contributed by atoms with Crippen LogP contribution < -0.4 is 11.1 Å². The topological polar surface area (TPSA) is 50.4 Å². The first kappa shape index (κ1) is 18.0. The lowest BCUT2D eigenvalue weighted by atomic mass is 9.87. The number of thioether (sulfide) groups is 1. The highest BCUT2D eigenvalue weighted by Crippen LogP contribution is 2.29. The number of rotatable bonds is 4. The van der Waals surface area contributed by atoms with Gasteiger partial charge in [-0.2, -0.15) is 0 Å². The van der Waals surface area contributed by atoms with Crippen LogP contribution in [-0.2, 0) is 11.2 Å². The van der Waals surface area contributed by atoms with E-state index in [2.05, 4.69) is 62.3 Å². The third-order valence-electron chi connectivity index (χ3n) is 3.75. The van der Waals surface area contributed by atoms with E-state index in [1.54, 1.807) is 11.8 Å². The predicted octanol–water partition coefficient (Wildman–Crippen LogP) is 4.49. The van der Waals surface area contributed by atoms with Gasteiger partial charge < -0.3 is 11.1 Å². The Labute approximate surface area is 148 Å². The smallest absolute Gasteiger partial charge is 0.190 e.